The fraction of sp³-hybridized carbons (Fsp3) is 0.615. The first-order valence-electron chi connectivity index (χ1n) is 6.18. The minimum atomic E-state index is 0.119. The molecule has 2 N–H and O–H groups in total. The average Bonchev–Trinajstić information content (AvgIpc) is 2.73. The second-order valence-electron chi connectivity index (χ2n) is 4.36. The van der Waals surface area contributed by atoms with E-state index >= 15 is 0 Å². The van der Waals surface area contributed by atoms with Crippen LogP contribution in [-0.4, -0.2) is 18.5 Å². The van der Waals surface area contributed by atoms with Crippen LogP contribution in [0.25, 0.3) is 0 Å². The van der Waals surface area contributed by atoms with E-state index in [-0.39, 0.29) is 5.91 Å². The second-order valence-corrected chi connectivity index (χ2v) is 5.36. The lowest BCUT2D eigenvalue weighted by Gasteiger charge is -2.08. The van der Waals surface area contributed by atoms with Gasteiger partial charge in [-0.2, -0.15) is 0 Å². The molecule has 4 heteroatoms. The van der Waals surface area contributed by atoms with Crippen LogP contribution in [0.15, 0.2) is 11.4 Å². The Balaban J connectivity index is 2.24. The normalized spacial score (nSPS) is 10.8. The zero-order chi connectivity index (χ0) is 12.7. The molecule has 3 nitrogen and oxygen atoms in total. The van der Waals surface area contributed by atoms with Crippen molar-refractivity contribution >= 4 is 17.2 Å². The van der Waals surface area contributed by atoms with Crippen molar-refractivity contribution in [1.82, 2.24) is 10.6 Å². The van der Waals surface area contributed by atoms with Gasteiger partial charge in [0.1, 0.15) is 0 Å². The molecule has 0 aliphatic carbocycles. The van der Waals surface area contributed by atoms with Gasteiger partial charge < -0.3 is 10.6 Å². The second kappa shape index (κ2) is 7.45. The molecule has 96 valence electrons. The number of hydrogen-bond donors (Lipinski definition) is 2. The molecule has 0 bridgehead atoms. The van der Waals surface area contributed by atoms with Gasteiger partial charge in [0, 0.05) is 23.9 Å². The molecule has 17 heavy (non-hydrogen) atoms. The van der Waals surface area contributed by atoms with E-state index in [0.717, 1.165) is 13.0 Å². The predicted molar refractivity (Wildman–Crippen MR) is 73.3 cm³/mol. The molecule has 0 aliphatic rings. The molecule has 1 amide bonds. The summed E-state index contributed by atoms with van der Waals surface area (Å²) in [5.74, 6) is 0.119. The molecule has 0 aliphatic heterocycles. The summed E-state index contributed by atoms with van der Waals surface area (Å²) in [5, 5.41) is 8.28. The highest BCUT2D eigenvalue weighted by Crippen LogP contribution is 2.16. The lowest BCUT2D eigenvalue weighted by Crippen LogP contribution is -2.30. The van der Waals surface area contributed by atoms with Crippen LogP contribution >= 0.6 is 11.3 Å². The van der Waals surface area contributed by atoms with Gasteiger partial charge in [0.15, 0.2) is 0 Å². The summed E-state index contributed by atoms with van der Waals surface area (Å²) in [7, 11) is 0. The number of aryl methyl sites for hydroxylation is 1. The molecule has 0 aromatic carbocycles. The molecular weight excluding hydrogens is 232 g/mol. The summed E-state index contributed by atoms with van der Waals surface area (Å²) in [5.41, 5.74) is 1.34. The Labute approximate surface area is 108 Å². The maximum Gasteiger partial charge on any atom is 0.221 e. The fourth-order valence-corrected chi connectivity index (χ4v) is 2.49. The van der Waals surface area contributed by atoms with Crippen molar-refractivity contribution in [3.05, 3.63) is 21.9 Å². The Morgan fingerprint density at radius 3 is 2.88 bits per heavy atom. The third-order valence-electron chi connectivity index (χ3n) is 2.57. The molecule has 0 spiro atoms. The van der Waals surface area contributed by atoms with Crippen molar-refractivity contribution in [3.63, 3.8) is 0 Å². The van der Waals surface area contributed by atoms with Crippen LogP contribution < -0.4 is 10.6 Å². The first-order valence-corrected chi connectivity index (χ1v) is 7.06. The summed E-state index contributed by atoms with van der Waals surface area (Å²) >= 11 is 1.71. The summed E-state index contributed by atoms with van der Waals surface area (Å²) in [6.45, 7) is 7.71. The number of amides is 1. The quantitative estimate of drug-likeness (QED) is 0.784. The van der Waals surface area contributed by atoms with Crippen molar-refractivity contribution in [2.45, 2.75) is 46.2 Å². The summed E-state index contributed by atoms with van der Waals surface area (Å²) in [6.07, 6.45) is 1.58. The lowest BCUT2D eigenvalue weighted by atomic mass is 10.2. The molecule has 0 atom stereocenters. The van der Waals surface area contributed by atoms with E-state index in [1.807, 2.05) is 0 Å². The van der Waals surface area contributed by atoms with E-state index in [0.29, 0.717) is 19.0 Å². The van der Waals surface area contributed by atoms with Gasteiger partial charge in [-0.25, -0.2) is 0 Å². The number of carbonyl (C=O) groups is 1. The number of thiophene rings is 1. The SMILES string of the molecule is CCc1ccsc1CNC(=O)CCNC(C)C. The minimum absolute atomic E-state index is 0.119. The van der Waals surface area contributed by atoms with Crippen molar-refractivity contribution < 1.29 is 4.79 Å². The third-order valence-corrected chi connectivity index (χ3v) is 3.53. The summed E-state index contributed by atoms with van der Waals surface area (Å²) in [6, 6.07) is 2.57. The first-order chi connectivity index (χ1) is 8.13. The molecule has 0 radical (unpaired) electrons. The van der Waals surface area contributed by atoms with Gasteiger partial charge in [0.25, 0.3) is 0 Å². The Kier molecular flexibility index (Phi) is 6.22. The third kappa shape index (κ3) is 5.33. The monoisotopic (exact) mass is 254 g/mol. The van der Waals surface area contributed by atoms with E-state index in [1.54, 1.807) is 11.3 Å². The standard InChI is InChI=1S/C13H22N2OS/c1-4-11-6-8-17-12(11)9-15-13(16)5-7-14-10(2)3/h6,8,10,14H,4-5,7,9H2,1-3H3,(H,15,16). The van der Waals surface area contributed by atoms with Crippen LogP contribution in [0.4, 0.5) is 0 Å². The van der Waals surface area contributed by atoms with E-state index in [9.17, 15) is 4.79 Å². The zero-order valence-corrected chi connectivity index (χ0v) is 11.7. The molecule has 1 rings (SSSR count). The van der Waals surface area contributed by atoms with Crippen LogP contribution in [0.3, 0.4) is 0 Å². The molecule has 0 fully saturated rings. The van der Waals surface area contributed by atoms with Gasteiger partial charge in [0.2, 0.25) is 5.91 Å². The van der Waals surface area contributed by atoms with Gasteiger partial charge in [-0.3, -0.25) is 4.79 Å². The molecule has 0 unspecified atom stereocenters. The van der Waals surface area contributed by atoms with Crippen LogP contribution in [0, 0.1) is 0 Å². The molecule has 0 saturated heterocycles. The van der Waals surface area contributed by atoms with E-state index in [1.165, 1.54) is 10.4 Å². The molecule has 0 saturated carbocycles. The summed E-state index contributed by atoms with van der Waals surface area (Å²) < 4.78 is 0. The lowest BCUT2D eigenvalue weighted by molar-refractivity contribution is -0.121. The molecule has 1 aromatic rings. The minimum Gasteiger partial charge on any atom is -0.351 e. The van der Waals surface area contributed by atoms with Crippen LogP contribution in [0.1, 0.15) is 37.6 Å². The number of carbonyl (C=O) groups excluding carboxylic acids is 1. The Hall–Kier alpha value is -0.870. The van der Waals surface area contributed by atoms with Gasteiger partial charge in [-0.15, -0.1) is 11.3 Å². The molecular formula is C13H22N2OS. The summed E-state index contributed by atoms with van der Waals surface area (Å²) in [4.78, 5) is 12.8. The Morgan fingerprint density at radius 2 is 2.24 bits per heavy atom. The Bertz CT molecular complexity index is 347. The van der Waals surface area contributed by atoms with Crippen LogP contribution in [-0.2, 0) is 17.8 Å². The van der Waals surface area contributed by atoms with Gasteiger partial charge in [-0.1, -0.05) is 20.8 Å². The average molecular weight is 254 g/mol. The van der Waals surface area contributed by atoms with Gasteiger partial charge in [0.05, 0.1) is 6.54 Å². The molecule has 1 heterocycles. The van der Waals surface area contributed by atoms with E-state index in [2.05, 4.69) is 42.9 Å². The number of rotatable bonds is 7. The number of nitrogens with one attached hydrogen (secondary N) is 2. The highest BCUT2D eigenvalue weighted by molar-refractivity contribution is 7.10. The molecule has 1 aromatic heterocycles. The first kappa shape index (κ1) is 14.2. The zero-order valence-electron chi connectivity index (χ0n) is 10.9. The maximum atomic E-state index is 11.6. The smallest absolute Gasteiger partial charge is 0.221 e. The Morgan fingerprint density at radius 1 is 1.47 bits per heavy atom. The van der Waals surface area contributed by atoms with Crippen molar-refractivity contribution in [1.29, 1.82) is 0 Å². The fourth-order valence-electron chi connectivity index (χ4n) is 1.58. The largest absolute Gasteiger partial charge is 0.351 e. The van der Waals surface area contributed by atoms with Crippen molar-refractivity contribution in [2.75, 3.05) is 6.54 Å². The highest BCUT2D eigenvalue weighted by atomic mass is 32.1. The van der Waals surface area contributed by atoms with Crippen LogP contribution in [0.5, 0.6) is 0 Å². The van der Waals surface area contributed by atoms with Gasteiger partial charge >= 0.3 is 0 Å². The topological polar surface area (TPSA) is 41.1 Å². The number of hydrogen-bond acceptors (Lipinski definition) is 3. The van der Waals surface area contributed by atoms with E-state index in [4.69, 9.17) is 0 Å². The van der Waals surface area contributed by atoms with Crippen molar-refractivity contribution in [3.8, 4) is 0 Å². The van der Waals surface area contributed by atoms with Crippen molar-refractivity contribution in [2.24, 2.45) is 0 Å². The van der Waals surface area contributed by atoms with Crippen LogP contribution in [0.2, 0.25) is 0 Å². The predicted octanol–water partition coefficient (Wildman–Crippen LogP) is 2.31. The maximum absolute atomic E-state index is 11.6. The highest BCUT2D eigenvalue weighted by Gasteiger charge is 2.05. The van der Waals surface area contributed by atoms with Gasteiger partial charge in [-0.05, 0) is 23.4 Å². The van der Waals surface area contributed by atoms with E-state index < -0.39 is 0 Å².